The Kier molecular flexibility index (Phi) is 7.48. The highest BCUT2D eigenvalue weighted by molar-refractivity contribution is 5.85. The smallest absolute Gasteiger partial charge is 0.419 e. The third-order valence-electron chi connectivity index (χ3n) is 5.74. The quantitative estimate of drug-likeness (QED) is 0.531. The molecule has 7 nitrogen and oxygen atoms in total. The molecule has 1 aliphatic rings. The van der Waals surface area contributed by atoms with E-state index in [1.54, 1.807) is 13.8 Å². The normalized spacial score (nSPS) is 14.6. The highest BCUT2D eigenvalue weighted by atomic mass is 19.4. The van der Waals surface area contributed by atoms with Gasteiger partial charge in [-0.1, -0.05) is 62.4 Å². The zero-order chi connectivity index (χ0) is 25.0. The van der Waals surface area contributed by atoms with Crippen LogP contribution in [0.3, 0.4) is 0 Å². The van der Waals surface area contributed by atoms with Crippen LogP contribution in [0.5, 0.6) is 0 Å². The Morgan fingerprint density at radius 3 is 1.97 bits per heavy atom. The summed E-state index contributed by atoms with van der Waals surface area (Å²) in [5.41, 5.74) is 4.15. The van der Waals surface area contributed by atoms with Crippen molar-refractivity contribution in [2.45, 2.75) is 44.4 Å². The number of carboxylic acids is 1. The van der Waals surface area contributed by atoms with E-state index in [1.807, 2.05) is 48.5 Å². The number of ether oxygens (including phenoxy) is 1. The first kappa shape index (κ1) is 25.1. The Morgan fingerprint density at radius 2 is 1.50 bits per heavy atom. The maximum atomic E-state index is 12.8. The molecule has 0 saturated carbocycles. The molecule has 182 valence electrons. The first-order valence-corrected chi connectivity index (χ1v) is 10.7. The number of amides is 2. The lowest BCUT2D eigenvalue weighted by molar-refractivity contribution is -0.182. The molecule has 3 rings (SSSR count). The second-order valence-corrected chi connectivity index (χ2v) is 8.40. The van der Waals surface area contributed by atoms with Crippen LogP contribution in [0.1, 0.15) is 37.3 Å². The van der Waals surface area contributed by atoms with Crippen molar-refractivity contribution in [1.82, 2.24) is 10.6 Å². The predicted octanol–water partition coefficient (Wildman–Crippen LogP) is 4.07. The lowest BCUT2D eigenvalue weighted by atomic mass is 9.98. The molecule has 0 radical (unpaired) electrons. The maximum Gasteiger partial charge on any atom is 0.419 e. The molecule has 0 spiro atoms. The van der Waals surface area contributed by atoms with Gasteiger partial charge in [-0.15, -0.1) is 0 Å². The van der Waals surface area contributed by atoms with Crippen molar-refractivity contribution in [2.24, 2.45) is 5.92 Å². The van der Waals surface area contributed by atoms with Crippen molar-refractivity contribution >= 4 is 18.0 Å². The number of rotatable bonds is 8. The Balaban J connectivity index is 1.62. The number of alkyl halides is 3. The topological polar surface area (TPSA) is 105 Å². The van der Waals surface area contributed by atoms with Gasteiger partial charge in [-0.05, 0) is 28.2 Å². The number of fused-ring (bicyclic) bond motifs is 3. The minimum atomic E-state index is -5.14. The van der Waals surface area contributed by atoms with Gasteiger partial charge in [0.2, 0.25) is 11.9 Å². The van der Waals surface area contributed by atoms with Crippen LogP contribution < -0.4 is 10.6 Å². The van der Waals surface area contributed by atoms with E-state index in [2.05, 4.69) is 5.32 Å². The third kappa shape index (κ3) is 5.67. The van der Waals surface area contributed by atoms with Crippen molar-refractivity contribution in [3.8, 4) is 11.1 Å². The molecule has 3 N–H and O–H groups in total. The fraction of sp³-hybridized carbons (Fsp3) is 0.375. The van der Waals surface area contributed by atoms with Crippen LogP contribution >= 0.6 is 0 Å². The van der Waals surface area contributed by atoms with Crippen LogP contribution in [0, 0.1) is 5.92 Å². The molecule has 2 aromatic rings. The van der Waals surface area contributed by atoms with E-state index >= 15 is 0 Å². The van der Waals surface area contributed by atoms with E-state index in [0.717, 1.165) is 22.3 Å². The third-order valence-corrected chi connectivity index (χ3v) is 5.74. The van der Waals surface area contributed by atoms with Crippen molar-refractivity contribution in [1.29, 1.82) is 0 Å². The minimum absolute atomic E-state index is 0.0338. The zero-order valence-electron chi connectivity index (χ0n) is 18.6. The Bertz CT molecular complexity index is 1030. The van der Waals surface area contributed by atoms with Crippen molar-refractivity contribution in [2.75, 3.05) is 6.61 Å². The summed E-state index contributed by atoms with van der Waals surface area (Å²) in [6.07, 6.45) is -6.50. The number of aliphatic carboxylic acids is 1. The average molecular weight is 478 g/mol. The van der Waals surface area contributed by atoms with E-state index in [1.165, 1.54) is 5.32 Å². The second-order valence-electron chi connectivity index (χ2n) is 8.40. The molecule has 2 aromatic carbocycles. The van der Waals surface area contributed by atoms with Crippen molar-refractivity contribution in [3.05, 3.63) is 59.7 Å². The highest BCUT2D eigenvalue weighted by Crippen LogP contribution is 2.44. The predicted molar refractivity (Wildman–Crippen MR) is 117 cm³/mol. The molecule has 0 fully saturated rings. The van der Waals surface area contributed by atoms with Crippen LogP contribution in [0.4, 0.5) is 18.0 Å². The monoisotopic (exact) mass is 478 g/mol. The van der Waals surface area contributed by atoms with Gasteiger partial charge in [0, 0.05) is 18.4 Å². The van der Waals surface area contributed by atoms with E-state index in [-0.39, 0.29) is 18.4 Å². The summed E-state index contributed by atoms with van der Waals surface area (Å²) in [5, 5.41) is 12.7. The summed E-state index contributed by atoms with van der Waals surface area (Å²) in [6.45, 7) is 3.37. The number of hydrogen-bond acceptors (Lipinski definition) is 4. The number of benzene rings is 2. The lowest BCUT2D eigenvalue weighted by Gasteiger charge is -2.24. The van der Waals surface area contributed by atoms with Gasteiger partial charge in [0.1, 0.15) is 6.61 Å². The number of carbonyl (C=O) groups is 3. The van der Waals surface area contributed by atoms with Crippen molar-refractivity contribution < 1.29 is 37.4 Å². The summed E-state index contributed by atoms with van der Waals surface area (Å²) in [7, 11) is 0. The molecule has 0 heterocycles. The Morgan fingerprint density at radius 1 is 0.971 bits per heavy atom. The standard InChI is InChI=1S/C24H25F3N2O5/c1-13(2)19(11-20(30)29-21(22(31)32)24(25,26)27)28-23(33)34-12-18-16-9-5-3-7-14(16)15-8-4-6-10-17(15)18/h3-10,13,18-19,21H,11-12H2,1-2H3,(H,28,33)(H,29,30)(H,31,32)/t19-,21?/m1/s1. The first-order valence-electron chi connectivity index (χ1n) is 10.7. The molecule has 0 saturated heterocycles. The number of hydrogen-bond donors (Lipinski definition) is 3. The molecular formula is C24H25F3N2O5. The van der Waals surface area contributed by atoms with Crippen LogP contribution in [0.25, 0.3) is 11.1 Å². The molecule has 0 aromatic heterocycles. The Hall–Kier alpha value is -3.56. The molecule has 34 heavy (non-hydrogen) atoms. The zero-order valence-corrected chi connectivity index (χ0v) is 18.6. The number of carbonyl (C=O) groups excluding carboxylic acids is 2. The van der Waals surface area contributed by atoms with Gasteiger partial charge in [0.25, 0.3) is 0 Å². The van der Waals surface area contributed by atoms with E-state index in [0.29, 0.717) is 0 Å². The minimum Gasteiger partial charge on any atom is -0.479 e. The summed E-state index contributed by atoms with van der Waals surface area (Å²) < 4.78 is 43.9. The molecule has 10 heteroatoms. The molecule has 2 atom stereocenters. The van der Waals surface area contributed by atoms with Gasteiger partial charge in [-0.3, -0.25) is 4.79 Å². The molecule has 1 aliphatic carbocycles. The van der Waals surface area contributed by atoms with Crippen LogP contribution in [0.15, 0.2) is 48.5 Å². The maximum absolute atomic E-state index is 12.8. The first-order chi connectivity index (χ1) is 16.0. The number of halogens is 3. The van der Waals surface area contributed by atoms with Gasteiger partial charge in [0.15, 0.2) is 0 Å². The lowest BCUT2D eigenvalue weighted by Crippen LogP contribution is -2.52. The molecule has 2 amide bonds. The van der Waals surface area contributed by atoms with Gasteiger partial charge >= 0.3 is 18.2 Å². The summed E-state index contributed by atoms with van der Waals surface area (Å²) in [5.74, 6) is -3.88. The van der Waals surface area contributed by atoms with Crippen LogP contribution in [0.2, 0.25) is 0 Å². The number of carboxylic acid groups (broad SMARTS) is 1. The van der Waals surface area contributed by atoms with Crippen LogP contribution in [-0.4, -0.2) is 47.9 Å². The van der Waals surface area contributed by atoms with E-state index in [4.69, 9.17) is 9.84 Å². The molecular weight excluding hydrogens is 453 g/mol. The summed E-state index contributed by atoms with van der Waals surface area (Å²) >= 11 is 0. The fourth-order valence-electron chi connectivity index (χ4n) is 3.95. The van der Waals surface area contributed by atoms with E-state index in [9.17, 15) is 27.6 Å². The molecule has 0 aliphatic heterocycles. The average Bonchev–Trinajstić information content (AvgIpc) is 3.08. The highest BCUT2D eigenvalue weighted by Gasteiger charge is 2.46. The van der Waals surface area contributed by atoms with Gasteiger partial charge in [-0.2, -0.15) is 13.2 Å². The summed E-state index contributed by atoms with van der Waals surface area (Å²) in [4.78, 5) is 35.4. The van der Waals surface area contributed by atoms with Crippen LogP contribution in [-0.2, 0) is 14.3 Å². The summed E-state index contributed by atoms with van der Waals surface area (Å²) in [6, 6.07) is 11.7. The van der Waals surface area contributed by atoms with Gasteiger partial charge in [0.05, 0.1) is 0 Å². The largest absolute Gasteiger partial charge is 0.479 e. The molecule has 0 bridgehead atoms. The van der Waals surface area contributed by atoms with Gasteiger partial charge in [-0.25, -0.2) is 9.59 Å². The van der Waals surface area contributed by atoms with Crippen molar-refractivity contribution in [3.63, 3.8) is 0 Å². The molecule has 1 unspecified atom stereocenters. The fourth-order valence-corrected chi connectivity index (χ4v) is 3.95. The SMILES string of the molecule is CC(C)[C@@H](CC(=O)NC(C(=O)O)C(F)(F)F)NC(=O)OCC1c2ccccc2-c2ccccc21. The van der Waals surface area contributed by atoms with Gasteiger partial charge < -0.3 is 20.5 Å². The number of nitrogens with one attached hydrogen (secondary N) is 2. The number of alkyl carbamates (subject to hydrolysis) is 1. The van der Waals surface area contributed by atoms with E-state index < -0.39 is 42.7 Å². The Labute approximate surface area is 194 Å². The second kappa shape index (κ2) is 10.1.